The Bertz CT molecular complexity index is 733. The molecule has 132 valence electrons. The fraction of sp³-hybridized carbons (Fsp3) is 0.550. The highest BCUT2D eigenvalue weighted by Gasteiger charge is 2.33. The van der Waals surface area contributed by atoms with Gasteiger partial charge in [-0.15, -0.1) is 0 Å². The highest BCUT2D eigenvalue weighted by Crippen LogP contribution is 2.32. The number of likely N-dealkylation sites (tertiary alicyclic amines) is 1. The quantitative estimate of drug-likeness (QED) is 0.859. The maximum absolute atomic E-state index is 12.8. The Kier molecular flexibility index (Phi) is 4.55. The molecule has 2 fully saturated rings. The summed E-state index contributed by atoms with van der Waals surface area (Å²) in [6, 6.07) is 4.30. The summed E-state index contributed by atoms with van der Waals surface area (Å²) < 4.78 is 2.30. The van der Waals surface area contributed by atoms with Gasteiger partial charge in [-0.3, -0.25) is 9.78 Å². The molecule has 1 saturated carbocycles. The van der Waals surface area contributed by atoms with E-state index in [1.807, 2.05) is 24.5 Å². The minimum absolute atomic E-state index is 0.258. The second-order valence-corrected chi connectivity index (χ2v) is 7.40. The number of hydrogen-bond acceptors (Lipinski definition) is 3. The van der Waals surface area contributed by atoms with Crippen LogP contribution in [0.15, 0.2) is 30.7 Å². The van der Waals surface area contributed by atoms with Crippen LogP contribution < -0.4 is 0 Å². The monoisotopic (exact) mass is 338 g/mol. The molecule has 0 N–H and O–H groups in total. The number of hydrogen-bond donors (Lipinski definition) is 0. The SMILES string of the molecule is Cc1cnc(-c2cccnc2)n1C1CCN(C(=O)C2CCCCC2)C1. The molecular weight excluding hydrogens is 312 g/mol. The maximum atomic E-state index is 12.8. The number of aryl methyl sites for hydroxylation is 1. The van der Waals surface area contributed by atoms with Crippen LogP contribution in [0.4, 0.5) is 0 Å². The Morgan fingerprint density at radius 3 is 2.76 bits per heavy atom. The van der Waals surface area contributed by atoms with E-state index in [9.17, 15) is 4.79 Å². The van der Waals surface area contributed by atoms with Crippen LogP contribution in [-0.2, 0) is 4.79 Å². The van der Waals surface area contributed by atoms with Gasteiger partial charge in [0.15, 0.2) is 0 Å². The Morgan fingerprint density at radius 1 is 1.16 bits per heavy atom. The lowest BCUT2D eigenvalue weighted by Gasteiger charge is -2.26. The van der Waals surface area contributed by atoms with E-state index in [2.05, 4.69) is 26.4 Å². The number of aromatic nitrogens is 3. The Morgan fingerprint density at radius 2 is 2.00 bits per heavy atom. The molecule has 3 heterocycles. The first-order valence-corrected chi connectivity index (χ1v) is 9.47. The number of nitrogens with zero attached hydrogens (tertiary/aromatic N) is 4. The number of imidazole rings is 1. The van der Waals surface area contributed by atoms with E-state index in [4.69, 9.17) is 0 Å². The molecule has 0 aromatic carbocycles. The average Bonchev–Trinajstić information content (AvgIpc) is 3.29. The Hall–Kier alpha value is -2.17. The summed E-state index contributed by atoms with van der Waals surface area (Å²) in [7, 11) is 0. The number of pyridine rings is 1. The first-order valence-electron chi connectivity index (χ1n) is 9.47. The molecule has 2 aromatic rings. The van der Waals surface area contributed by atoms with E-state index in [0.717, 1.165) is 49.4 Å². The average molecular weight is 338 g/mol. The molecule has 0 spiro atoms. The molecular formula is C20H26N4O. The smallest absolute Gasteiger partial charge is 0.225 e. The normalized spacial score (nSPS) is 21.6. The van der Waals surface area contributed by atoms with Crippen LogP contribution in [0.3, 0.4) is 0 Å². The van der Waals surface area contributed by atoms with E-state index in [0.29, 0.717) is 11.9 Å². The summed E-state index contributed by atoms with van der Waals surface area (Å²) in [4.78, 5) is 23.8. The molecule has 25 heavy (non-hydrogen) atoms. The van der Waals surface area contributed by atoms with Gasteiger partial charge in [0.05, 0.1) is 6.04 Å². The third-order valence-electron chi connectivity index (χ3n) is 5.70. The zero-order valence-corrected chi connectivity index (χ0v) is 14.9. The molecule has 1 unspecified atom stereocenters. The van der Waals surface area contributed by atoms with Crippen molar-refractivity contribution in [1.82, 2.24) is 19.4 Å². The molecule has 0 radical (unpaired) electrons. The highest BCUT2D eigenvalue weighted by atomic mass is 16.2. The molecule has 1 amide bonds. The third kappa shape index (κ3) is 3.20. The van der Waals surface area contributed by atoms with Crippen molar-refractivity contribution in [1.29, 1.82) is 0 Å². The van der Waals surface area contributed by atoms with Crippen molar-refractivity contribution in [2.45, 2.75) is 51.5 Å². The van der Waals surface area contributed by atoms with Crippen LogP contribution >= 0.6 is 0 Å². The Balaban J connectivity index is 1.52. The fourth-order valence-electron chi connectivity index (χ4n) is 4.38. The molecule has 2 aromatic heterocycles. The zero-order valence-electron chi connectivity index (χ0n) is 14.9. The van der Waals surface area contributed by atoms with Crippen LogP contribution in [0.25, 0.3) is 11.4 Å². The minimum Gasteiger partial charge on any atom is -0.340 e. The van der Waals surface area contributed by atoms with Crippen molar-refractivity contribution in [3.05, 3.63) is 36.4 Å². The van der Waals surface area contributed by atoms with Crippen LogP contribution in [0.1, 0.15) is 50.3 Å². The molecule has 1 saturated heterocycles. The van der Waals surface area contributed by atoms with E-state index in [1.54, 1.807) is 6.20 Å². The summed E-state index contributed by atoms with van der Waals surface area (Å²) in [5, 5.41) is 0. The van der Waals surface area contributed by atoms with Crippen molar-refractivity contribution in [2.24, 2.45) is 5.92 Å². The summed E-state index contributed by atoms with van der Waals surface area (Å²) in [6.07, 6.45) is 12.4. The third-order valence-corrected chi connectivity index (χ3v) is 5.70. The number of carbonyl (C=O) groups excluding carboxylic acids is 1. The molecule has 4 rings (SSSR count). The van der Waals surface area contributed by atoms with Gasteiger partial charge in [0.25, 0.3) is 0 Å². The number of carbonyl (C=O) groups is 1. The van der Waals surface area contributed by atoms with Gasteiger partial charge < -0.3 is 9.47 Å². The molecule has 1 aliphatic heterocycles. The molecule has 5 nitrogen and oxygen atoms in total. The van der Waals surface area contributed by atoms with E-state index < -0.39 is 0 Å². The van der Waals surface area contributed by atoms with Crippen molar-refractivity contribution >= 4 is 5.91 Å². The van der Waals surface area contributed by atoms with Gasteiger partial charge in [-0.25, -0.2) is 4.98 Å². The minimum atomic E-state index is 0.258. The van der Waals surface area contributed by atoms with Gasteiger partial charge in [-0.2, -0.15) is 0 Å². The van der Waals surface area contributed by atoms with Gasteiger partial charge in [0.2, 0.25) is 5.91 Å². The second kappa shape index (κ2) is 6.98. The fourth-order valence-corrected chi connectivity index (χ4v) is 4.38. The van der Waals surface area contributed by atoms with Crippen molar-refractivity contribution in [3.63, 3.8) is 0 Å². The van der Waals surface area contributed by atoms with Crippen LogP contribution in [0, 0.1) is 12.8 Å². The maximum Gasteiger partial charge on any atom is 0.225 e. The molecule has 5 heteroatoms. The summed E-state index contributed by atoms with van der Waals surface area (Å²) in [5.74, 6) is 1.60. The summed E-state index contributed by atoms with van der Waals surface area (Å²) in [5.41, 5.74) is 2.18. The Labute approximate surface area is 149 Å². The van der Waals surface area contributed by atoms with Crippen LogP contribution in [0.5, 0.6) is 0 Å². The van der Waals surface area contributed by atoms with Gasteiger partial charge in [-0.1, -0.05) is 19.3 Å². The van der Waals surface area contributed by atoms with Crippen molar-refractivity contribution in [3.8, 4) is 11.4 Å². The lowest BCUT2D eigenvalue weighted by molar-refractivity contribution is -0.135. The van der Waals surface area contributed by atoms with Gasteiger partial charge >= 0.3 is 0 Å². The van der Waals surface area contributed by atoms with Crippen molar-refractivity contribution in [2.75, 3.05) is 13.1 Å². The molecule has 1 aliphatic carbocycles. The molecule has 1 atom stereocenters. The largest absolute Gasteiger partial charge is 0.340 e. The first kappa shape index (κ1) is 16.3. The lowest BCUT2D eigenvalue weighted by atomic mass is 9.88. The first-order chi connectivity index (χ1) is 12.2. The highest BCUT2D eigenvalue weighted by molar-refractivity contribution is 5.79. The summed E-state index contributed by atoms with van der Waals surface area (Å²) >= 11 is 0. The lowest BCUT2D eigenvalue weighted by Crippen LogP contribution is -2.35. The predicted octanol–water partition coefficient (Wildman–Crippen LogP) is 3.61. The molecule has 2 aliphatic rings. The van der Waals surface area contributed by atoms with E-state index in [-0.39, 0.29) is 5.92 Å². The van der Waals surface area contributed by atoms with E-state index >= 15 is 0 Å². The summed E-state index contributed by atoms with van der Waals surface area (Å²) in [6.45, 7) is 3.77. The molecule has 0 bridgehead atoms. The predicted molar refractivity (Wildman–Crippen MR) is 97.0 cm³/mol. The standard InChI is InChI=1S/C20H26N4O/c1-15-12-22-19(17-8-5-10-21-13-17)24(15)18-9-11-23(14-18)20(25)16-6-3-2-4-7-16/h5,8,10,12-13,16,18H,2-4,6-7,9,11,14H2,1H3. The van der Waals surface area contributed by atoms with Gasteiger partial charge in [0.1, 0.15) is 5.82 Å². The zero-order chi connectivity index (χ0) is 17.2. The van der Waals surface area contributed by atoms with Crippen molar-refractivity contribution < 1.29 is 4.79 Å². The van der Waals surface area contributed by atoms with Crippen LogP contribution in [0.2, 0.25) is 0 Å². The van der Waals surface area contributed by atoms with Crippen LogP contribution in [-0.4, -0.2) is 38.4 Å². The number of amides is 1. The van der Waals surface area contributed by atoms with Gasteiger partial charge in [-0.05, 0) is 38.3 Å². The van der Waals surface area contributed by atoms with E-state index in [1.165, 1.54) is 19.3 Å². The second-order valence-electron chi connectivity index (χ2n) is 7.40. The number of rotatable bonds is 3. The van der Waals surface area contributed by atoms with Gasteiger partial charge in [0, 0.05) is 48.9 Å². The topological polar surface area (TPSA) is 51.0 Å².